The monoisotopic (exact) mass is 315 g/mol. The summed E-state index contributed by atoms with van der Waals surface area (Å²) in [6.45, 7) is 10.7. The number of rotatable bonds is 6. The minimum absolute atomic E-state index is 0.0117. The van der Waals surface area contributed by atoms with Crippen LogP contribution < -0.4 is 0 Å². The predicted octanol–water partition coefficient (Wildman–Crippen LogP) is 2.69. The molecule has 0 unspecified atom stereocenters. The molecule has 0 N–H and O–H groups in total. The topological polar surface area (TPSA) is 77.2 Å². The first-order valence-electron chi connectivity index (χ1n) is 7.13. The summed E-state index contributed by atoms with van der Waals surface area (Å²) < 4.78 is 28.2. The molecule has 0 spiro atoms. The van der Waals surface area contributed by atoms with E-state index in [0.717, 1.165) is 0 Å². The van der Waals surface area contributed by atoms with Gasteiger partial charge in [0.25, 0.3) is 0 Å². The molecule has 0 amide bonds. The lowest BCUT2D eigenvalue weighted by Gasteiger charge is -2.22. The van der Waals surface area contributed by atoms with Crippen molar-refractivity contribution in [3.63, 3.8) is 0 Å². The lowest BCUT2D eigenvalue weighted by atomic mass is 9.92. The zero-order chi connectivity index (χ0) is 16.5. The maximum atomic E-state index is 12.4. The Morgan fingerprint density at radius 1 is 1.24 bits per heavy atom. The first-order valence-corrected chi connectivity index (χ1v) is 8.78. The van der Waals surface area contributed by atoms with Gasteiger partial charge >= 0.3 is 0 Å². The number of sulfone groups is 1. The van der Waals surface area contributed by atoms with Crippen LogP contribution in [-0.4, -0.2) is 29.9 Å². The molecule has 0 atom stereocenters. The predicted molar refractivity (Wildman–Crippen MR) is 82.1 cm³/mol. The summed E-state index contributed by atoms with van der Waals surface area (Å²) in [5, 5.41) is 3.87. The fraction of sp³-hybridized carbons (Fsp3) is 0.733. The number of carbonyl (C=O) groups excluding carboxylic acids is 1. The summed E-state index contributed by atoms with van der Waals surface area (Å²) >= 11 is 0. The summed E-state index contributed by atoms with van der Waals surface area (Å²) in [5.41, 5.74) is 0.280. The number of hydrogen-bond donors (Lipinski definition) is 0. The number of aromatic nitrogens is 1. The lowest BCUT2D eigenvalue weighted by Crippen LogP contribution is -2.43. The fourth-order valence-corrected chi connectivity index (χ4v) is 3.29. The van der Waals surface area contributed by atoms with Gasteiger partial charge in [-0.25, -0.2) is 8.42 Å². The van der Waals surface area contributed by atoms with E-state index in [-0.39, 0.29) is 23.4 Å². The van der Waals surface area contributed by atoms with Gasteiger partial charge in [0, 0.05) is 11.5 Å². The quantitative estimate of drug-likeness (QED) is 0.806. The number of carbonyl (C=O) groups is 1. The largest absolute Gasteiger partial charge is 0.361 e. The fourth-order valence-electron chi connectivity index (χ4n) is 1.82. The average Bonchev–Trinajstić information content (AvgIpc) is 2.76. The summed E-state index contributed by atoms with van der Waals surface area (Å²) in [5.74, 6) is 0.335. The summed E-state index contributed by atoms with van der Waals surface area (Å²) in [6.07, 6.45) is 0.465. The molecule has 0 aromatic carbocycles. The minimum Gasteiger partial charge on any atom is -0.361 e. The highest BCUT2D eigenvalue weighted by molar-refractivity contribution is 7.93. The Balaban J connectivity index is 2.93. The van der Waals surface area contributed by atoms with Crippen molar-refractivity contribution >= 4 is 15.6 Å². The van der Waals surface area contributed by atoms with E-state index in [0.29, 0.717) is 17.9 Å². The first kappa shape index (κ1) is 17.9. The van der Waals surface area contributed by atoms with Crippen LogP contribution in [0.1, 0.15) is 59.4 Å². The maximum Gasteiger partial charge on any atom is 0.162 e. The Bertz CT molecular complexity index is 606. The van der Waals surface area contributed by atoms with Gasteiger partial charge in [0.1, 0.15) is 10.5 Å². The molecule has 21 heavy (non-hydrogen) atoms. The Kier molecular flexibility index (Phi) is 5.03. The van der Waals surface area contributed by atoms with Gasteiger partial charge < -0.3 is 4.52 Å². The third-order valence-electron chi connectivity index (χ3n) is 3.56. The smallest absolute Gasteiger partial charge is 0.162 e. The normalized spacial score (nSPS) is 13.4. The van der Waals surface area contributed by atoms with Gasteiger partial charge in [-0.1, -0.05) is 32.9 Å². The molecule has 0 aliphatic heterocycles. The molecular weight excluding hydrogens is 290 g/mol. The van der Waals surface area contributed by atoms with Gasteiger partial charge in [0.15, 0.2) is 15.6 Å². The third kappa shape index (κ3) is 3.93. The first-order chi connectivity index (χ1) is 9.41. The molecule has 120 valence electrons. The van der Waals surface area contributed by atoms with E-state index < -0.39 is 14.6 Å². The van der Waals surface area contributed by atoms with Gasteiger partial charge in [-0.05, 0) is 20.3 Å². The van der Waals surface area contributed by atoms with E-state index in [1.807, 2.05) is 20.8 Å². The molecule has 0 saturated carbocycles. The maximum absolute atomic E-state index is 12.4. The van der Waals surface area contributed by atoms with Crippen LogP contribution in [0.2, 0.25) is 0 Å². The molecule has 1 aromatic rings. The van der Waals surface area contributed by atoms with Crippen molar-refractivity contribution in [2.45, 2.75) is 64.5 Å². The molecule has 0 bridgehead atoms. The Morgan fingerprint density at radius 2 is 1.81 bits per heavy atom. The molecule has 1 rings (SSSR count). The van der Waals surface area contributed by atoms with Crippen molar-refractivity contribution in [1.82, 2.24) is 5.16 Å². The van der Waals surface area contributed by atoms with Crippen LogP contribution in [0.3, 0.4) is 0 Å². The van der Waals surface area contributed by atoms with Gasteiger partial charge in [-0.3, -0.25) is 4.79 Å². The molecule has 1 aromatic heterocycles. The number of ketones is 1. The summed E-state index contributed by atoms with van der Waals surface area (Å²) in [6, 6.07) is 1.72. The Labute approximate surface area is 127 Å². The van der Waals surface area contributed by atoms with Crippen molar-refractivity contribution < 1.29 is 17.7 Å². The third-order valence-corrected chi connectivity index (χ3v) is 6.29. The van der Waals surface area contributed by atoms with Crippen LogP contribution >= 0.6 is 0 Å². The highest BCUT2D eigenvalue weighted by Crippen LogP contribution is 2.25. The van der Waals surface area contributed by atoms with Gasteiger partial charge in [-0.2, -0.15) is 0 Å². The second kappa shape index (κ2) is 5.91. The van der Waals surface area contributed by atoms with Crippen molar-refractivity contribution in [3.05, 3.63) is 17.5 Å². The molecule has 0 fully saturated rings. The van der Waals surface area contributed by atoms with Crippen LogP contribution in [0.25, 0.3) is 0 Å². The molecule has 5 nitrogen and oxygen atoms in total. The summed E-state index contributed by atoms with van der Waals surface area (Å²) in [7, 11) is -3.46. The molecule has 6 heteroatoms. The van der Waals surface area contributed by atoms with E-state index in [2.05, 4.69) is 5.16 Å². The number of Topliss-reactive ketones (excluding diaryl/α,β-unsaturated/α-hetero) is 1. The van der Waals surface area contributed by atoms with Crippen molar-refractivity contribution in [1.29, 1.82) is 0 Å². The van der Waals surface area contributed by atoms with Gasteiger partial charge in [0.2, 0.25) is 0 Å². The molecule has 0 aliphatic rings. The van der Waals surface area contributed by atoms with Gasteiger partial charge in [0.05, 0.1) is 17.9 Å². The number of nitrogens with zero attached hydrogens (tertiary/aromatic N) is 1. The highest BCUT2D eigenvalue weighted by atomic mass is 32.2. The van der Waals surface area contributed by atoms with Crippen molar-refractivity contribution in [3.8, 4) is 0 Å². The molecule has 0 saturated heterocycles. The average molecular weight is 315 g/mol. The van der Waals surface area contributed by atoms with Crippen LogP contribution in [0.5, 0.6) is 0 Å². The summed E-state index contributed by atoms with van der Waals surface area (Å²) in [4.78, 5) is 12.4. The van der Waals surface area contributed by atoms with E-state index in [4.69, 9.17) is 4.52 Å². The second-order valence-electron chi connectivity index (χ2n) is 6.86. The second-order valence-corrected chi connectivity index (χ2v) is 9.52. The lowest BCUT2D eigenvalue weighted by molar-refractivity contribution is -0.120. The van der Waals surface area contributed by atoms with Crippen LogP contribution in [0.4, 0.5) is 0 Å². The zero-order valence-corrected chi connectivity index (χ0v) is 14.5. The van der Waals surface area contributed by atoms with Gasteiger partial charge in [-0.15, -0.1) is 0 Å². The molecular formula is C15H25NO4S. The van der Waals surface area contributed by atoms with Crippen LogP contribution in [-0.2, 0) is 26.5 Å². The Hall–Kier alpha value is -1.17. The SMILES string of the molecule is CCCS(=O)(=O)C(C)(C)C(=O)Cc1cc(C(C)(C)C)on1. The van der Waals surface area contributed by atoms with E-state index in [9.17, 15) is 13.2 Å². The molecule has 1 heterocycles. The van der Waals surface area contributed by atoms with Crippen LogP contribution in [0, 0.1) is 0 Å². The van der Waals surface area contributed by atoms with E-state index >= 15 is 0 Å². The minimum atomic E-state index is -3.46. The molecule has 0 aliphatic carbocycles. The van der Waals surface area contributed by atoms with Crippen LogP contribution in [0.15, 0.2) is 10.6 Å². The highest BCUT2D eigenvalue weighted by Gasteiger charge is 2.40. The number of hydrogen-bond acceptors (Lipinski definition) is 5. The van der Waals surface area contributed by atoms with Crippen molar-refractivity contribution in [2.75, 3.05) is 5.75 Å². The van der Waals surface area contributed by atoms with E-state index in [1.165, 1.54) is 13.8 Å². The molecule has 0 radical (unpaired) electrons. The Morgan fingerprint density at radius 3 is 2.24 bits per heavy atom. The van der Waals surface area contributed by atoms with E-state index in [1.54, 1.807) is 13.0 Å². The zero-order valence-electron chi connectivity index (χ0n) is 13.7. The standard InChI is InChI=1S/C15H25NO4S/c1-7-8-21(18,19)15(5,6)12(17)9-11-10-13(20-16-11)14(2,3)4/h10H,7-9H2,1-6H3. The van der Waals surface area contributed by atoms with Crippen molar-refractivity contribution in [2.24, 2.45) is 0 Å².